The van der Waals surface area contributed by atoms with Gasteiger partial charge >= 0.3 is 5.97 Å². The van der Waals surface area contributed by atoms with Crippen molar-refractivity contribution in [1.29, 1.82) is 0 Å². The molecule has 0 aliphatic carbocycles. The van der Waals surface area contributed by atoms with Gasteiger partial charge in [-0.2, -0.15) is 0 Å². The Hall–Kier alpha value is -2.82. The number of carboxylic acids is 1. The van der Waals surface area contributed by atoms with Crippen molar-refractivity contribution in [2.24, 2.45) is 0 Å². The first-order valence-corrected chi connectivity index (χ1v) is 8.62. The highest BCUT2D eigenvalue weighted by Crippen LogP contribution is 2.28. The molecule has 138 valence electrons. The van der Waals surface area contributed by atoms with Crippen LogP contribution < -0.4 is 10.1 Å². The van der Waals surface area contributed by atoms with Crippen molar-refractivity contribution in [3.63, 3.8) is 0 Å². The van der Waals surface area contributed by atoms with Crippen LogP contribution in [0.5, 0.6) is 5.75 Å². The fourth-order valence-corrected chi connectivity index (χ4v) is 3.07. The van der Waals surface area contributed by atoms with Crippen LogP contribution in [0.2, 0.25) is 0 Å². The summed E-state index contributed by atoms with van der Waals surface area (Å²) in [5, 5.41) is 12.6. The summed E-state index contributed by atoms with van der Waals surface area (Å²) in [6.07, 6.45) is 0.513. The molecule has 5 nitrogen and oxygen atoms in total. The maximum absolute atomic E-state index is 12.4. The Morgan fingerprint density at radius 2 is 1.85 bits per heavy atom. The van der Waals surface area contributed by atoms with Gasteiger partial charge in [0.15, 0.2) is 0 Å². The minimum atomic E-state index is -1.15. The van der Waals surface area contributed by atoms with E-state index in [2.05, 4.69) is 5.32 Å². The quantitative estimate of drug-likeness (QED) is 0.763. The first-order chi connectivity index (χ1) is 12.4. The van der Waals surface area contributed by atoms with Crippen LogP contribution in [-0.2, 0) is 21.4 Å². The topological polar surface area (TPSA) is 75.6 Å². The summed E-state index contributed by atoms with van der Waals surface area (Å²) in [6, 6.07) is 14.7. The maximum atomic E-state index is 12.4. The number of aryl methyl sites for hydroxylation is 1. The van der Waals surface area contributed by atoms with Crippen molar-refractivity contribution in [1.82, 2.24) is 5.32 Å². The predicted molar refractivity (Wildman–Crippen MR) is 100 cm³/mol. The summed E-state index contributed by atoms with van der Waals surface area (Å²) < 4.78 is 5.30. The number of carboxylic acid groups (broad SMARTS) is 1. The number of carbonyl (C=O) groups excluding carboxylic acids is 1. The molecule has 1 amide bonds. The Labute approximate surface area is 154 Å². The van der Waals surface area contributed by atoms with E-state index in [1.54, 1.807) is 19.2 Å². The van der Waals surface area contributed by atoms with Gasteiger partial charge in [0.25, 0.3) is 0 Å². The van der Waals surface area contributed by atoms with Gasteiger partial charge in [-0.05, 0) is 25.0 Å². The Morgan fingerprint density at radius 3 is 2.42 bits per heavy atom. The molecule has 0 heterocycles. The third-order valence-corrected chi connectivity index (χ3v) is 4.71. The molecule has 0 aliphatic rings. The van der Waals surface area contributed by atoms with Crippen LogP contribution in [0.25, 0.3) is 0 Å². The van der Waals surface area contributed by atoms with Gasteiger partial charge in [-0.15, -0.1) is 0 Å². The number of methoxy groups -OCH3 is 1. The predicted octanol–water partition coefficient (Wildman–Crippen LogP) is 3.09. The molecule has 0 saturated carbocycles. The molecule has 0 saturated heterocycles. The van der Waals surface area contributed by atoms with Gasteiger partial charge in [-0.3, -0.25) is 9.59 Å². The van der Waals surface area contributed by atoms with Gasteiger partial charge < -0.3 is 15.2 Å². The highest BCUT2D eigenvalue weighted by atomic mass is 16.5. The summed E-state index contributed by atoms with van der Waals surface area (Å²) in [4.78, 5) is 24.4. The fourth-order valence-electron chi connectivity index (χ4n) is 3.07. The third kappa shape index (κ3) is 4.23. The first-order valence-electron chi connectivity index (χ1n) is 8.62. The second kappa shape index (κ2) is 8.52. The second-order valence-electron chi connectivity index (χ2n) is 6.38. The van der Waals surface area contributed by atoms with E-state index in [0.717, 1.165) is 11.1 Å². The number of benzene rings is 2. The van der Waals surface area contributed by atoms with E-state index in [1.807, 2.05) is 50.2 Å². The molecule has 0 aromatic heterocycles. The van der Waals surface area contributed by atoms with Crippen molar-refractivity contribution in [2.75, 3.05) is 13.7 Å². The van der Waals surface area contributed by atoms with E-state index in [-0.39, 0.29) is 18.9 Å². The molecule has 0 aliphatic heterocycles. The average molecular weight is 355 g/mol. The van der Waals surface area contributed by atoms with Gasteiger partial charge in [0.1, 0.15) is 11.2 Å². The second-order valence-corrected chi connectivity index (χ2v) is 6.38. The van der Waals surface area contributed by atoms with Crippen molar-refractivity contribution in [2.45, 2.75) is 32.1 Å². The monoisotopic (exact) mass is 355 g/mol. The van der Waals surface area contributed by atoms with Crippen molar-refractivity contribution < 1.29 is 19.4 Å². The highest BCUT2D eigenvalue weighted by Gasteiger charge is 2.38. The van der Waals surface area contributed by atoms with Crippen molar-refractivity contribution in [3.8, 4) is 5.75 Å². The summed E-state index contributed by atoms with van der Waals surface area (Å²) in [6.45, 7) is 3.80. The van der Waals surface area contributed by atoms with Crippen molar-refractivity contribution in [3.05, 3.63) is 65.2 Å². The van der Waals surface area contributed by atoms with E-state index in [0.29, 0.717) is 17.7 Å². The van der Waals surface area contributed by atoms with Crippen LogP contribution in [0.15, 0.2) is 48.5 Å². The zero-order valence-corrected chi connectivity index (χ0v) is 15.4. The normalized spacial score (nSPS) is 12.9. The fraction of sp³-hybridized carbons (Fsp3) is 0.333. The zero-order chi connectivity index (χ0) is 19.2. The van der Waals surface area contributed by atoms with Crippen LogP contribution in [0, 0.1) is 6.92 Å². The zero-order valence-electron chi connectivity index (χ0n) is 15.4. The third-order valence-electron chi connectivity index (χ3n) is 4.71. The largest absolute Gasteiger partial charge is 0.496 e. The molecule has 1 unspecified atom stereocenters. The van der Waals surface area contributed by atoms with E-state index >= 15 is 0 Å². The summed E-state index contributed by atoms with van der Waals surface area (Å²) in [5.74, 6) is -0.530. The number of carbonyl (C=O) groups is 2. The lowest BCUT2D eigenvalue weighted by atomic mass is 9.78. The van der Waals surface area contributed by atoms with Crippen LogP contribution in [-0.4, -0.2) is 30.6 Å². The Kier molecular flexibility index (Phi) is 6.39. The van der Waals surface area contributed by atoms with Crippen molar-refractivity contribution >= 4 is 11.9 Å². The SMILES string of the molecule is CCC(CNC(=O)Cc1cc(C)ccc1OC)(C(=O)O)c1ccccc1. The number of amides is 1. The van der Waals surface area contributed by atoms with E-state index < -0.39 is 11.4 Å². The Bertz CT molecular complexity index is 773. The van der Waals surface area contributed by atoms with Gasteiger partial charge in [0.2, 0.25) is 5.91 Å². The average Bonchev–Trinajstić information content (AvgIpc) is 2.63. The minimum absolute atomic E-state index is 0.0375. The molecule has 2 aromatic rings. The first kappa shape index (κ1) is 19.5. The minimum Gasteiger partial charge on any atom is -0.496 e. The van der Waals surface area contributed by atoms with Gasteiger partial charge in [0.05, 0.1) is 13.5 Å². The molecule has 5 heteroatoms. The summed E-state index contributed by atoms with van der Waals surface area (Å²) >= 11 is 0. The van der Waals surface area contributed by atoms with E-state index in [4.69, 9.17) is 4.74 Å². The van der Waals surface area contributed by atoms with E-state index in [1.165, 1.54) is 0 Å². The molecule has 0 spiro atoms. The smallest absolute Gasteiger partial charge is 0.315 e. The highest BCUT2D eigenvalue weighted by molar-refractivity contribution is 5.84. The van der Waals surface area contributed by atoms with Gasteiger partial charge in [-0.1, -0.05) is 55.0 Å². The standard InChI is InChI=1S/C21H25NO4/c1-4-21(20(24)25,17-8-6-5-7-9-17)14-22-19(23)13-16-12-15(2)10-11-18(16)26-3/h5-12H,4,13-14H2,1-3H3,(H,22,23)(H,24,25). The number of rotatable bonds is 8. The lowest BCUT2D eigenvalue weighted by Gasteiger charge is -2.29. The van der Waals surface area contributed by atoms with E-state index in [9.17, 15) is 14.7 Å². The molecule has 1 atom stereocenters. The van der Waals surface area contributed by atoms with Crippen LogP contribution in [0.4, 0.5) is 0 Å². The molecule has 2 aromatic carbocycles. The Morgan fingerprint density at radius 1 is 1.15 bits per heavy atom. The number of ether oxygens (including phenoxy) is 1. The molecular weight excluding hydrogens is 330 g/mol. The van der Waals surface area contributed by atoms with Crippen LogP contribution in [0.3, 0.4) is 0 Å². The lowest BCUT2D eigenvalue weighted by Crippen LogP contribution is -2.46. The molecule has 0 fully saturated rings. The molecule has 0 radical (unpaired) electrons. The maximum Gasteiger partial charge on any atom is 0.315 e. The number of hydrogen-bond donors (Lipinski definition) is 2. The summed E-state index contributed by atoms with van der Waals surface area (Å²) in [5.41, 5.74) is 1.35. The lowest BCUT2D eigenvalue weighted by molar-refractivity contribution is -0.144. The van der Waals surface area contributed by atoms with Crippen LogP contribution >= 0.6 is 0 Å². The number of aliphatic carboxylic acids is 1. The summed E-state index contributed by atoms with van der Waals surface area (Å²) in [7, 11) is 1.56. The molecular formula is C21H25NO4. The molecule has 26 heavy (non-hydrogen) atoms. The molecule has 2 rings (SSSR count). The number of nitrogens with one attached hydrogen (secondary N) is 1. The van der Waals surface area contributed by atoms with Crippen LogP contribution in [0.1, 0.15) is 30.0 Å². The Balaban J connectivity index is 2.16. The molecule has 0 bridgehead atoms. The molecule has 2 N–H and O–H groups in total. The number of hydrogen-bond acceptors (Lipinski definition) is 3. The van der Waals surface area contributed by atoms with Gasteiger partial charge in [-0.25, -0.2) is 0 Å². The van der Waals surface area contributed by atoms with Gasteiger partial charge in [0, 0.05) is 12.1 Å².